The Morgan fingerprint density at radius 1 is 0.759 bits per heavy atom. The van der Waals surface area contributed by atoms with E-state index in [0.29, 0.717) is 24.9 Å². The van der Waals surface area contributed by atoms with Gasteiger partial charge in [-0.25, -0.2) is 0 Å². The predicted molar refractivity (Wildman–Crippen MR) is 226 cm³/mol. The Bertz CT molecular complexity index is 2040. The second-order valence-corrected chi connectivity index (χ2v) is 14.6. The van der Waals surface area contributed by atoms with E-state index in [-0.39, 0.29) is 50.0 Å². The summed E-state index contributed by atoms with van der Waals surface area (Å²) in [5, 5.41) is 12.2. The van der Waals surface area contributed by atoms with Gasteiger partial charge >= 0.3 is 0 Å². The van der Waals surface area contributed by atoms with Crippen molar-refractivity contribution in [1.82, 2.24) is 26.3 Å². The Kier molecular flexibility index (Phi) is 17.0. The number of aromatic amines is 1. The van der Waals surface area contributed by atoms with E-state index in [1.54, 1.807) is 42.6 Å². The van der Waals surface area contributed by atoms with E-state index in [0.717, 1.165) is 27.6 Å². The van der Waals surface area contributed by atoms with Crippen LogP contribution in [0.1, 0.15) is 66.6 Å². The van der Waals surface area contributed by atoms with Crippen molar-refractivity contribution in [3.8, 4) is 0 Å². The highest BCUT2D eigenvalue weighted by atomic mass is 16.2. The van der Waals surface area contributed by atoms with Gasteiger partial charge in [-0.05, 0) is 66.5 Å². The van der Waals surface area contributed by atoms with Crippen LogP contribution >= 0.6 is 0 Å². The van der Waals surface area contributed by atoms with Gasteiger partial charge in [0.15, 0.2) is 5.96 Å². The predicted octanol–water partition coefficient (Wildman–Crippen LogP) is 2.20. The number of aromatic nitrogens is 1. The average Bonchev–Trinajstić information content (AvgIpc) is 3.61. The molecular formula is C43H56N10O5. The summed E-state index contributed by atoms with van der Waals surface area (Å²) in [4.78, 5) is 73.8. The van der Waals surface area contributed by atoms with E-state index in [1.165, 1.54) is 0 Å². The van der Waals surface area contributed by atoms with Gasteiger partial charge in [0.2, 0.25) is 23.6 Å². The minimum Gasteiger partial charge on any atom is -0.370 e. The summed E-state index contributed by atoms with van der Waals surface area (Å²) in [6.07, 6.45) is 6.44. The smallest absolute Gasteiger partial charge is 0.251 e. The highest BCUT2D eigenvalue weighted by Gasteiger charge is 2.30. The monoisotopic (exact) mass is 792 g/mol. The number of carbonyl (C=O) groups is 5. The van der Waals surface area contributed by atoms with Crippen LogP contribution in [0.2, 0.25) is 0 Å². The number of carbonyl (C=O) groups excluding carboxylic acids is 5. The Morgan fingerprint density at radius 2 is 1.43 bits per heavy atom. The molecule has 0 radical (unpaired) electrons. The fraction of sp³-hybridized carbons (Fsp3) is 0.349. The van der Waals surface area contributed by atoms with Crippen LogP contribution < -0.4 is 44.2 Å². The first-order valence-electron chi connectivity index (χ1n) is 19.4. The normalized spacial score (nSPS) is 13.3. The molecule has 0 aliphatic carbocycles. The average molecular weight is 793 g/mol. The number of fused-ring (bicyclic) bond motifs is 1. The van der Waals surface area contributed by atoms with Crippen LogP contribution in [0.3, 0.4) is 0 Å². The Hall–Kier alpha value is -6.48. The molecule has 0 spiro atoms. The lowest BCUT2D eigenvalue weighted by molar-refractivity contribution is -0.133. The molecule has 0 saturated carbocycles. The number of hydrogen-bond acceptors (Lipinski definition) is 7. The van der Waals surface area contributed by atoms with Gasteiger partial charge in [-0.1, -0.05) is 86.7 Å². The van der Waals surface area contributed by atoms with Crippen molar-refractivity contribution in [2.45, 2.75) is 83.1 Å². The highest BCUT2D eigenvalue weighted by Crippen LogP contribution is 2.19. The maximum absolute atomic E-state index is 13.8. The van der Waals surface area contributed by atoms with E-state index < -0.39 is 47.8 Å². The van der Waals surface area contributed by atoms with Crippen LogP contribution in [-0.2, 0) is 38.6 Å². The summed E-state index contributed by atoms with van der Waals surface area (Å²) < 4.78 is 0. The minimum atomic E-state index is -1.10. The van der Waals surface area contributed by atoms with E-state index in [1.807, 2.05) is 68.4 Å². The summed E-state index contributed by atoms with van der Waals surface area (Å²) >= 11 is 0. The molecule has 4 aromatic rings. The first-order valence-corrected chi connectivity index (χ1v) is 19.4. The molecule has 4 rings (SSSR count). The number of guanidine groups is 1. The molecule has 15 heteroatoms. The highest BCUT2D eigenvalue weighted by molar-refractivity contribution is 5.95. The van der Waals surface area contributed by atoms with Gasteiger partial charge in [-0.15, -0.1) is 0 Å². The molecule has 13 N–H and O–H groups in total. The zero-order chi connectivity index (χ0) is 42.0. The molecule has 308 valence electrons. The zero-order valence-corrected chi connectivity index (χ0v) is 33.1. The van der Waals surface area contributed by atoms with Crippen LogP contribution in [0.25, 0.3) is 10.9 Å². The third kappa shape index (κ3) is 14.2. The van der Waals surface area contributed by atoms with Gasteiger partial charge in [-0.3, -0.25) is 29.0 Å². The molecule has 1 aromatic heterocycles. The summed E-state index contributed by atoms with van der Waals surface area (Å²) in [7, 11) is 0. The summed E-state index contributed by atoms with van der Waals surface area (Å²) in [5.74, 6) is -2.76. The number of aliphatic imine (C=N–C) groups is 1. The Labute approximate surface area is 338 Å². The van der Waals surface area contributed by atoms with E-state index >= 15 is 0 Å². The Balaban J connectivity index is 1.44. The fourth-order valence-corrected chi connectivity index (χ4v) is 6.43. The number of nitrogens with zero attached hydrogens (tertiary/aromatic N) is 1. The molecule has 5 amide bonds. The van der Waals surface area contributed by atoms with Crippen LogP contribution in [0.5, 0.6) is 0 Å². The quantitative estimate of drug-likeness (QED) is 0.0246. The van der Waals surface area contributed by atoms with Gasteiger partial charge in [0.1, 0.15) is 18.1 Å². The zero-order valence-electron chi connectivity index (χ0n) is 33.1. The number of H-pyrrole nitrogens is 1. The van der Waals surface area contributed by atoms with Gasteiger partial charge in [0, 0.05) is 48.6 Å². The molecule has 15 nitrogen and oxygen atoms in total. The van der Waals surface area contributed by atoms with Crippen LogP contribution in [-0.4, -0.2) is 71.2 Å². The third-order valence-corrected chi connectivity index (χ3v) is 9.43. The topological polar surface area (TPSA) is 266 Å². The summed E-state index contributed by atoms with van der Waals surface area (Å²) in [6.45, 7) is 4.38. The number of nitrogens with one attached hydrogen (secondary N) is 5. The Morgan fingerprint density at radius 3 is 2.10 bits per heavy atom. The van der Waals surface area contributed by atoms with Gasteiger partial charge < -0.3 is 49.2 Å². The molecule has 0 bridgehead atoms. The molecule has 1 heterocycles. The van der Waals surface area contributed by atoms with E-state index in [4.69, 9.17) is 22.9 Å². The standard InChI is InChI=1S/C43H56N10O5/c1-27(2)22-37(51-38(54)16-8-12-32(23-28-10-4-3-5-11-28)50-40(56)30-19-17-29(25-44)18-20-30)42(58)52-35(15-9-21-48-43(46)47)41(57)53-36(39(45)55)24-31-26-49-34-14-7-6-13-33(31)34/h3-8,10-14,17-20,26-27,32,35-37,49H,9,15-16,21-25,44H2,1-2H3,(H2,45,55)(H,50,56)(H,51,54)(H,52,58)(H,53,57)(H4,46,47,48)/b12-8-/t32-,35+,36+,37+/m1/s1. The molecule has 0 unspecified atom stereocenters. The number of nitrogens with two attached hydrogens (primary N) is 4. The summed E-state index contributed by atoms with van der Waals surface area (Å²) in [6, 6.07) is 20.6. The first kappa shape index (κ1) is 44.2. The van der Waals surface area contributed by atoms with Crippen molar-refractivity contribution >= 4 is 46.4 Å². The molecule has 0 saturated heterocycles. The maximum atomic E-state index is 13.8. The minimum absolute atomic E-state index is 0.000494. The molecule has 0 fully saturated rings. The molecule has 0 aliphatic rings. The van der Waals surface area contributed by atoms with Crippen molar-refractivity contribution in [2.24, 2.45) is 33.8 Å². The van der Waals surface area contributed by atoms with Crippen LogP contribution in [0.15, 0.2) is 102 Å². The number of amides is 5. The lowest BCUT2D eigenvalue weighted by Gasteiger charge is -2.25. The second-order valence-electron chi connectivity index (χ2n) is 14.6. The molecule has 58 heavy (non-hydrogen) atoms. The van der Waals surface area contributed by atoms with Crippen molar-refractivity contribution in [3.63, 3.8) is 0 Å². The van der Waals surface area contributed by atoms with Gasteiger partial charge in [0.05, 0.1) is 6.04 Å². The lowest BCUT2D eigenvalue weighted by Crippen LogP contribution is -2.56. The molecule has 0 aliphatic heterocycles. The van der Waals surface area contributed by atoms with Crippen molar-refractivity contribution in [3.05, 3.63) is 119 Å². The first-order chi connectivity index (χ1) is 27.8. The third-order valence-electron chi connectivity index (χ3n) is 9.43. The lowest BCUT2D eigenvalue weighted by atomic mass is 10.0. The maximum Gasteiger partial charge on any atom is 0.251 e. The molecule has 3 aromatic carbocycles. The van der Waals surface area contributed by atoms with Gasteiger partial charge in [0.25, 0.3) is 5.91 Å². The van der Waals surface area contributed by atoms with Crippen molar-refractivity contribution in [1.29, 1.82) is 0 Å². The van der Waals surface area contributed by atoms with Gasteiger partial charge in [-0.2, -0.15) is 0 Å². The summed E-state index contributed by atoms with van der Waals surface area (Å²) in [5.41, 5.74) is 26.4. The van der Waals surface area contributed by atoms with Crippen LogP contribution in [0.4, 0.5) is 0 Å². The number of rotatable bonds is 22. The number of primary amides is 1. The number of hydrogen-bond donors (Lipinski definition) is 9. The van der Waals surface area contributed by atoms with Crippen molar-refractivity contribution < 1.29 is 24.0 Å². The number of benzene rings is 3. The van der Waals surface area contributed by atoms with E-state index in [2.05, 4.69) is 31.2 Å². The number of para-hydroxylation sites is 1. The molecule has 4 atom stereocenters. The fourth-order valence-electron chi connectivity index (χ4n) is 6.43. The second kappa shape index (κ2) is 22.3. The SMILES string of the molecule is CC(C)C[C@H](NC(=O)C/C=C\[C@H](Cc1ccccc1)NC(=O)c1ccc(CN)cc1)C(=O)N[C@@H](CCCN=C(N)N)C(=O)N[C@@H](Cc1c[nH]c2ccccc12)C(N)=O. The van der Waals surface area contributed by atoms with Crippen LogP contribution in [0, 0.1) is 5.92 Å². The molecular weight excluding hydrogens is 737 g/mol. The largest absolute Gasteiger partial charge is 0.370 e. The van der Waals surface area contributed by atoms with E-state index in [9.17, 15) is 24.0 Å². The van der Waals surface area contributed by atoms with Crippen molar-refractivity contribution in [2.75, 3.05) is 6.54 Å².